The molecule has 5 heteroatoms. The first-order chi connectivity index (χ1) is 10.7. The van der Waals surface area contributed by atoms with Crippen LogP contribution in [0.5, 0.6) is 0 Å². The van der Waals surface area contributed by atoms with Gasteiger partial charge in [-0.25, -0.2) is 0 Å². The molecule has 1 aromatic rings. The van der Waals surface area contributed by atoms with Crippen molar-refractivity contribution in [2.24, 2.45) is 5.41 Å². The normalized spacial score (nSPS) is 26.4. The zero-order chi connectivity index (χ0) is 15.4. The minimum Gasteiger partial charge on any atom is -0.395 e. The fraction of sp³-hybridized carbons (Fsp3) is 0.588. The lowest BCUT2D eigenvalue weighted by atomic mass is 10.0. The van der Waals surface area contributed by atoms with E-state index in [9.17, 15) is 9.90 Å². The molecule has 0 unspecified atom stereocenters. The Balaban J connectivity index is 1.55. The lowest BCUT2D eigenvalue weighted by Crippen LogP contribution is -2.52. The number of hydrogen-bond donors (Lipinski definition) is 2. The third kappa shape index (κ3) is 3.48. The van der Waals surface area contributed by atoms with Gasteiger partial charge < -0.3 is 19.9 Å². The molecule has 22 heavy (non-hydrogen) atoms. The van der Waals surface area contributed by atoms with Gasteiger partial charge >= 0.3 is 0 Å². The lowest BCUT2D eigenvalue weighted by Gasteiger charge is -2.33. The molecule has 2 atom stereocenters. The number of hydrogen-bond acceptors (Lipinski definition) is 4. The Hall–Kier alpha value is -1.43. The van der Waals surface area contributed by atoms with E-state index in [0.29, 0.717) is 19.8 Å². The van der Waals surface area contributed by atoms with Crippen LogP contribution in [0.1, 0.15) is 24.8 Å². The van der Waals surface area contributed by atoms with Gasteiger partial charge in [-0.1, -0.05) is 30.3 Å². The molecule has 2 fully saturated rings. The van der Waals surface area contributed by atoms with E-state index in [0.717, 1.165) is 24.8 Å². The molecule has 0 aromatic heterocycles. The number of aliphatic hydroxyl groups excluding tert-OH is 1. The van der Waals surface area contributed by atoms with Crippen molar-refractivity contribution < 1.29 is 19.4 Å². The smallest absolute Gasteiger partial charge is 0.228 e. The maximum absolute atomic E-state index is 12.3. The van der Waals surface area contributed by atoms with Crippen LogP contribution >= 0.6 is 0 Å². The molecule has 1 saturated carbocycles. The Morgan fingerprint density at radius 3 is 2.82 bits per heavy atom. The summed E-state index contributed by atoms with van der Waals surface area (Å²) < 4.78 is 11.5. The highest BCUT2D eigenvalue weighted by Gasteiger charge is 2.50. The molecule has 0 spiro atoms. The highest BCUT2D eigenvalue weighted by molar-refractivity contribution is 5.85. The first-order valence-corrected chi connectivity index (χ1v) is 7.89. The molecule has 1 aromatic carbocycles. The van der Waals surface area contributed by atoms with Gasteiger partial charge in [0.2, 0.25) is 5.91 Å². The van der Waals surface area contributed by atoms with E-state index in [1.54, 1.807) is 0 Å². The highest BCUT2D eigenvalue weighted by Crippen LogP contribution is 2.45. The Morgan fingerprint density at radius 1 is 1.36 bits per heavy atom. The predicted octanol–water partition coefficient (Wildman–Crippen LogP) is 1.25. The molecule has 1 aliphatic heterocycles. The van der Waals surface area contributed by atoms with E-state index in [1.165, 1.54) is 0 Å². The number of rotatable bonds is 6. The van der Waals surface area contributed by atoms with Gasteiger partial charge in [-0.2, -0.15) is 0 Å². The average Bonchev–Trinajstić information content (AvgIpc) is 3.36. The van der Waals surface area contributed by atoms with Crippen molar-refractivity contribution in [1.29, 1.82) is 0 Å². The van der Waals surface area contributed by atoms with E-state index in [4.69, 9.17) is 9.47 Å². The first kappa shape index (κ1) is 15.5. The van der Waals surface area contributed by atoms with Crippen LogP contribution in [0.4, 0.5) is 0 Å². The van der Waals surface area contributed by atoms with Crippen molar-refractivity contribution in [2.45, 2.75) is 38.0 Å². The summed E-state index contributed by atoms with van der Waals surface area (Å²) in [4.78, 5) is 12.3. The van der Waals surface area contributed by atoms with E-state index in [1.807, 2.05) is 30.3 Å². The van der Waals surface area contributed by atoms with E-state index >= 15 is 0 Å². The highest BCUT2D eigenvalue weighted by atomic mass is 16.5. The van der Waals surface area contributed by atoms with Gasteiger partial charge in [0.1, 0.15) is 0 Å². The minimum absolute atomic E-state index is 0.0487. The number of ether oxygens (including phenoxy) is 2. The molecule has 1 saturated heterocycles. The molecule has 0 bridgehead atoms. The number of carbonyl (C=O) groups excluding carboxylic acids is 1. The summed E-state index contributed by atoms with van der Waals surface area (Å²) in [6, 6.07) is 9.86. The third-order valence-electron chi connectivity index (χ3n) is 4.55. The van der Waals surface area contributed by atoms with Crippen molar-refractivity contribution in [3.8, 4) is 0 Å². The van der Waals surface area contributed by atoms with Crippen LogP contribution in [0.25, 0.3) is 0 Å². The van der Waals surface area contributed by atoms with Crippen molar-refractivity contribution in [2.75, 3.05) is 19.8 Å². The Labute approximate surface area is 130 Å². The third-order valence-corrected chi connectivity index (χ3v) is 4.55. The molecule has 5 nitrogen and oxygen atoms in total. The molecular formula is C17H23NO4. The Kier molecular flexibility index (Phi) is 4.76. The van der Waals surface area contributed by atoms with Crippen molar-refractivity contribution >= 4 is 5.91 Å². The molecule has 120 valence electrons. The molecule has 2 N–H and O–H groups in total. The molecule has 1 heterocycles. The molecular weight excluding hydrogens is 282 g/mol. The molecule has 1 amide bonds. The summed E-state index contributed by atoms with van der Waals surface area (Å²) in [5.74, 6) is -0.0705. The summed E-state index contributed by atoms with van der Waals surface area (Å²) in [6.07, 6.45) is 2.24. The Morgan fingerprint density at radius 2 is 2.14 bits per heavy atom. The van der Waals surface area contributed by atoms with Crippen LogP contribution in [0, 0.1) is 5.41 Å². The first-order valence-electron chi connectivity index (χ1n) is 7.89. The van der Waals surface area contributed by atoms with E-state index < -0.39 is 5.41 Å². The molecule has 2 aliphatic rings. The fourth-order valence-corrected chi connectivity index (χ4v) is 2.76. The summed E-state index contributed by atoms with van der Waals surface area (Å²) >= 11 is 0. The van der Waals surface area contributed by atoms with Gasteiger partial charge in [-0.05, 0) is 24.8 Å². The number of amides is 1. The van der Waals surface area contributed by atoms with Gasteiger partial charge in [-0.3, -0.25) is 4.79 Å². The number of aliphatic hydroxyl groups is 1. The van der Waals surface area contributed by atoms with E-state index in [-0.39, 0.29) is 24.7 Å². The largest absolute Gasteiger partial charge is 0.395 e. The van der Waals surface area contributed by atoms with Crippen molar-refractivity contribution in [3.05, 3.63) is 35.9 Å². The predicted molar refractivity (Wildman–Crippen MR) is 81.1 cm³/mol. The second-order valence-corrected chi connectivity index (χ2v) is 6.22. The minimum atomic E-state index is -0.554. The van der Waals surface area contributed by atoms with Crippen LogP contribution in [0.2, 0.25) is 0 Å². The van der Waals surface area contributed by atoms with Gasteiger partial charge in [0, 0.05) is 6.61 Å². The van der Waals surface area contributed by atoms with E-state index in [2.05, 4.69) is 5.32 Å². The summed E-state index contributed by atoms with van der Waals surface area (Å²) in [7, 11) is 0. The van der Waals surface area contributed by atoms with Crippen LogP contribution in [0.15, 0.2) is 30.3 Å². The van der Waals surface area contributed by atoms with Gasteiger partial charge in [-0.15, -0.1) is 0 Å². The standard InChI is InChI=1S/C17H23NO4/c19-12-17(7-8-17)16(20)18-14-11-21-9-6-15(14)22-10-13-4-2-1-3-5-13/h1-5,14-15,19H,6-12H2,(H,18,20)/t14-,15+/m1/s1. The average molecular weight is 305 g/mol. The number of carbonyl (C=O) groups is 1. The number of nitrogens with one attached hydrogen (secondary N) is 1. The van der Waals surface area contributed by atoms with Crippen molar-refractivity contribution in [3.63, 3.8) is 0 Å². The quantitative estimate of drug-likeness (QED) is 0.830. The zero-order valence-electron chi connectivity index (χ0n) is 12.7. The van der Waals surface area contributed by atoms with Gasteiger partial charge in [0.25, 0.3) is 0 Å². The summed E-state index contributed by atoms with van der Waals surface area (Å²) in [5, 5.41) is 12.4. The van der Waals surface area contributed by atoms with Crippen LogP contribution in [0.3, 0.4) is 0 Å². The summed E-state index contributed by atoms with van der Waals surface area (Å²) in [6.45, 7) is 1.56. The lowest BCUT2D eigenvalue weighted by molar-refractivity contribution is -0.133. The van der Waals surface area contributed by atoms with Gasteiger partial charge in [0.05, 0.1) is 37.4 Å². The Bertz CT molecular complexity index is 501. The molecule has 1 aliphatic carbocycles. The fourth-order valence-electron chi connectivity index (χ4n) is 2.76. The SMILES string of the molecule is O=C(N[C@@H]1COCC[C@@H]1OCc1ccccc1)C1(CO)CC1. The van der Waals surface area contributed by atoms with Crippen LogP contribution < -0.4 is 5.32 Å². The molecule has 0 radical (unpaired) electrons. The number of benzene rings is 1. The topological polar surface area (TPSA) is 67.8 Å². The van der Waals surface area contributed by atoms with Crippen molar-refractivity contribution in [1.82, 2.24) is 5.32 Å². The van der Waals surface area contributed by atoms with Gasteiger partial charge in [0.15, 0.2) is 0 Å². The second kappa shape index (κ2) is 6.77. The zero-order valence-corrected chi connectivity index (χ0v) is 12.7. The summed E-state index contributed by atoms with van der Waals surface area (Å²) in [5.41, 5.74) is 0.564. The molecule has 3 rings (SSSR count). The second-order valence-electron chi connectivity index (χ2n) is 6.22. The van der Waals surface area contributed by atoms with Crippen LogP contribution in [-0.4, -0.2) is 43.0 Å². The maximum Gasteiger partial charge on any atom is 0.228 e. The maximum atomic E-state index is 12.3. The monoisotopic (exact) mass is 305 g/mol. The van der Waals surface area contributed by atoms with Crippen LogP contribution in [-0.2, 0) is 20.9 Å².